The van der Waals surface area contributed by atoms with Crippen molar-refractivity contribution in [1.29, 1.82) is 0 Å². The zero-order valence-corrected chi connectivity index (χ0v) is 8.63. The minimum absolute atomic E-state index is 0.0692. The molecule has 1 rings (SSSR count). The fourth-order valence-corrected chi connectivity index (χ4v) is 1.69. The molecule has 1 aromatic rings. The van der Waals surface area contributed by atoms with Crippen LogP contribution >= 0.6 is 0 Å². The van der Waals surface area contributed by atoms with Crippen molar-refractivity contribution in [3.05, 3.63) is 28.4 Å². The predicted octanol–water partition coefficient (Wildman–Crippen LogP) is 2.50. The lowest BCUT2D eigenvalue weighted by molar-refractivity contribution is 0.633. The Kier molecular flexibility index (Phi) is 2.72. The van der Waals surface area contributed by atoms with Crippen molar-refractivity contribution in [1.82, 2.24) is 9.78 Å². The van der Waals surface area contributed by atoms with Crippen LogP contribution in [0.3, 0.4) is 0 Å². The molecule has 3 nitrogen and oxygen atoms in total. The third kappa shape index (κ3) is 1.57. The maximum absolute atomic E-state index is 6.99. The number of aryl methyl sites for hydroxylation is 2. The fourth-order valence-electron chi connectivity index (χ4n) is 1.69. The summed E-state index contributed by atoms with van der Waals surface area (Å²) >= 11 is 0. The molecule has 1 heterocycles. The Bertz CT molecular complexity index is 344. The van der Waals surface area contributed by atoms with Crippen LogP contribution in [0.1, 0.15) is 36.8 Å². The molecule has 1 atom stereocenters. The van der Waals surface area contributed by atoms with Crippen LogP contribution < -0.4 is 0 Å². The molecule has 1 aromatic heterocycles. The van der Waals surface area contributed by atoms with Crippen molar-refractivity contribution < 1.29 is 0 Å². The molecular formula is C10H15N3. The molecule has 0 saturated heterocycles. The van der Waals surface area contributed by atoms with E-state index >= 15 is 0 Å². The molecular weight excluding hydrogens is 162 g/mol. The van der Waals surface area contributed by atoms with Crippen LogP contribution in [0.2, 0.25) is 0 Å². The monoisotopic (exact) mass is 177 g/mol. The normalized spacial score (nSPS) is 12.5. The van der Waals surface area contributed by atoms with Gasteiger partial charge in [-0.3, -0.25) is 4.68 Å². The highest BCUT2D eigenvalue weighted by Gasteiger charge is 2.19. The lowest BCUT2D eigenvalue weighted by Crippen LogP contribution is -1.99. The summed E-state index contributed by atoms with van der Waals surface area (Å²) in [4.78, 5) is 3.52. The standard InChI is InChI=1S/C10H15N3/c1-6-13-9(4)10(7(2)11-5)8(3)12-13/h7H,6H2,1-4H3. The van der Waals surface area contributed by atoms with Crippen molar-refractivity contribution in [2.75, 3.05) is 0 Å². The molecule has 0 saturated carbocycles. The second kappa shape index (κ2) is 3.61. The van der Waals surface area contributed by atoms with E-state index in [1.807, 2.05) is 25.5 Å². The quantitative estimate of drug-likeness (QED) is 0.636. The van der Waals surface area contributed by atoms with Gasteiger partial charge in [0.2, 0.25) is 6.04 Å². The van der Waals surface area contributed by atoms with Gasteiger partial charge < -0.3 is 4.85 Å². The second-order valence-corrected chi connectivity index (χ2v) is 3.21. The highest BCUT2D eigenvalue weighted by molar-refractivity contribution is 5.29. The van der Waals surface area contributed by atoms with Crippen LogP contribution in [-0.2, 0) is 6.54 Å². The summed E-state index contributed by atoms with van der Waals surface area (Å²) < 4.78 is 1.95. The first kappa shape index (κ1) is 9.79. The first-order valence-corrected chi connectivity index (χ1v) is 4.52. The first-order chi connectivity index (χ1) is 6.11. The third-order valence-electron chi connectivity index (χ3n) is 2.35. The summed E-state index contributed by atoms with van der Waals surface area (Å²) in [5.41, 5.74) is 3.21. The van der Waals surface area contributed by atoms with Crippen molar-refractivity contribution in [3.8, 4) is 0 Å². The number of nitrogens with zero attached hydrogens (tertiary/aromatic N) is 3. The number of aromatic nitrogens is 2. The van der Waals surface area contributed by atoms with Crippen LogP contribution in [0, 0.1) is 20.4 Å². The molecule has 0 spiro atoms. The molecule has 0 aliphatic carbocycles. The van der Waals surface area contributed by atoms with Gasteiger partial charge >= 0.3 is 0 Å². The largest absolute Gasteiger partial charge is 0.309 e. The lowest BCUT2D eigenvalue weighted by Gasteiger charge is -2.00. The number of hydrogen-bond acceptors (Lipinski definition) is 1. The average Bonchev–Trinajstić information content (AvgIpc) is 2.40. The van der Waals surface area contributed by atoms with Crippen molar-refractivity contribution in [3.63, 3.8) is 0 Å². The van der Waals surface area contributed by atoms with E-state index in [1.54, 1.807) is 0 Å². The van der Waals surface area contributed by atoms with Gasteiger partial charge in [0.05, 0.1) is 11.3 Å². The lowest BCUT2D eigenvalue weighted by atomic mass is 10.1. The van der Waals surface area contributed by atoms with Crippen molar-refractivity contribution >= 4 is 0 Å². The summed E-state index contributed by atoms with van der Waals surface area (Å²) in [6.07, 6.45) is 0. The van der Waals surface area contributed by atoms with Gasteiger partial charge in [-0.05, 0) is 20.8 Å². The molecule has 0 amide bonds. The zero-order chi connectivity index (χ0) is 10.0. The van der Waals surface area contributed by atoms with Gasteiger partial charge in [0.15, 0.2) is 0 Å². The van der Waals surface area contributed by atoms with E-state index in [0.717, 1.165) is 23.5 Å². The molecule has 3 heteroatoms. The van der Waals surface area contributed by atoms with Gasteiger partial charge in [0, 0.05) is 19.2 Å². The summed E-state index contributed by atoms with van der Waals surface area (Å²) in [6.45, 7) is 15.8. The molecule has 1 unspecified atom stereocenters. The Morgan fingerprint density at radius 1 is 1.54 bits per heavy atom. The van der Waals surface area contributed by atoms with Gasteiger partial charge in [-0.15, -0.1) is 0 Å². The second-order valence-electron chi connectivity index (χ2n) is 3.21. The molecule has 70 valence electrons. The van der Waals surface area contributed by atoms with Crippen LogP contribution in [0.5, 0.6) is 0 Å². The summed E-state index contributed by atoms with van der Waals surface area (Å²) in [7, 11) is 0. The number of rotatable bonds is 2. The molecule has 0 fully saturated rings. The van der Waals surface area contributed by atoms with Crippen LogP contribution in [0.25, 0.3) is 4.85 Å². The van der Waals surface area contributed by atoms with Gasteiger partial charge in [0.25, 0.3) is 0 Å². The Balaban J connectivity index is 3.22. The molecule has 0 bridgehead atoms. The summed E-state index contributed by atoms with van der Waals surface area (Å²) in [5, 5.41) is 4.37. The first-order valence-electron chi connectivity index (χ1n) is 4.52. The van der Waals surface area contributed by atoms with E-state index in [2.05, 4.69) is 16.9 Å². The summed E-state index contributed by atoms with van der Waals surface area (Å²) in [6, 6.07) is -0.0692. The fraction of sp³-hybridized carbons (Fsp3) is 0.600. The van der Waals surface area contributed by atoms with Crippen molar-refractivity contribution in [2.24, 2.45) is 0 Å². The Hall–Kier alpha value is -1.30. The molecule has 13 heavy (non-hydrogen) atoms. The topological polar surface area (TPSA) is 22.2 Å². The van der Waals surface area contributed by atoms with Gasteiger partial charge in [-0.2, -0.15) is 5.10 Å². The smallest absolute Gasteiger partial charge is 0.249 e. The average molecular weight is 177 g/mol. The van der Waals surface area contributed by atoms with E-state index in [9.17, 15) is 0 Å². The number of hydrogen-bond donors (Lipinski definition) is 0. The molecule has 0 aromatic carbocycles. The maximum atomic E-state index is 6.99. The Morgan fingerprint density at radius 3 is 2.54 bits per heavy atom. The van der Waals surface area contributed by atoms with E-state index in [1.165, 1.54) is 0 Å². The highest BCUT2D eigenvalue weighted by atomic mass is 15.3. The van der Waals surface area contributed by atoms with Crippen LogP contribution in [0.15, 0.2) is 0 Å². The SMILES string of the molecule is [C-]#[N+]C(C)c1c(C)nn(CC)c1C. The zero-order valence-electron chi connectivity index (χ0n) is 8.63. The van der Waals surface area contributed by atoms with E-state index in [-0.39, 0.29) is 6.04 Å². The Labute approximate surface area is 79.2 Å². The maximum Gasteiger partial charge on any atom is 0.249 e. The minimum Gasteiger partial charge on any atom is -0.309 e. The summed E-state index contributed by atoms with van der Waals surface area (Å²) in [5.74, 6) is 0. The van der Waals surface area contributed by atoms with Gasteiger partial charge in [0.1, 0.15) is 0 Å². The minimum atomic E-state index is -0.0692. The van der Waals surface area contributed by atoms with Gasteiger partial charge in [-0.1, -0.05) is 0 Å². The molecule has 0 aliphatic rings. The van der Waals surface area contributed by atoms with Crippen LogP contribution in [0.4, 0.5) is 0 Å². The highest BCUT2D eigenvalue weighted by Crippen LogP contribution is 2.23. The molecule has 0 radical (unpaired) electrons. The van der Waals surface area contributed by atoms with Crippen LogP contribution in [-0.4, -0.2) is 9.78 Å². The Morgan fingerprint density at radius 2 is 2.15 bits per heavy atom. The van der Waals surface area contributed by atoms with Gasteiger partial charge in [-0.25, -0.2) is 6.57 Å². The predicted molar refractivity (Wildman–Crippen MR) is 52.4 cm³/mol. The van der Waals surface area contributed by atoms with E-state index in [4.69, 9.17) is 6.57 Å². The van der Waals surface area contributed by atoms with Crippen molar-refractivity contribution in [2.45, 2.75) is 40.3 Å². The molecule has 0 aliphatic heterocycles. The molecule has 0 N–H and O–H groups in total. The van der Waals surface area contributed by atoms with E-state index in [0.29, 0.717) is 0 Å². The third-order valence-corrected chi connectivity index (χ3v) is 2.35. The van der Waals surface area contributed by atoms with E-state index < -0.39 is 0 Å².